The van der Waals surface area contributed by atoms with Gasteiger partial charge in [0.05, 0.1) is 0 Å². The fraction of sp³-hybridized carbons (Fsp3) is 0.294. The van der Waals surface area contributed by atoms with Gasteiger partial charge in [-0.3, -0.25) is 0 Å². The van der Waals surface area contributed by atoms with Crippen LogP contribution in [0, 0.1) is 6.92 Å². The van der Waals surface area contributed by atoms with Crippen LogP contribution in [-0.4, -0.2) is 0 Å². The molecule has 0 radical (unpaired) electrons. The third-order valence-corrected chi connectivity index (χ3v) is 5.11. The van der Waals surface area contributed by atoms with E-state index in [9.17, 15) is 0 Å². The van der Waals surface area contributed by atoms with Crippen molar-refractivity contribution in [1.29, 1.82) is 0 Å². The molecule has 2 aromatic rings. The Balaban J connectivity index is 2.03. The highest BCUT2D eigenvalue weighted by molar-refractivity contribution is 7.38. The molecule has 0 aromatic heterocycles. The van der Waals surface area contributed by atoms with Crippen LogP contribution >= 0.6 is 8.58 Å². The van der Waals surface area contributed by atoms with E-state index >= 15 is 0 Å². The summed E-state index contributed by atoms with van der Waals surface area (Å²) in [5, 5.41) is 0.270. The molecule has 0 bridgehead atoms. The van der Waals surface area contributed by atoms with Crippen molar-refractivity contribution in [3.63, 3.8) is 0 Å². The maximum atomic E-state index is 2.34. The van der Waals surface area contributed by atoms with Gasteiger partial charge in [-0.1, -0.05) is 74.0 Å². The van der Waals surface area contributed by atoms with Crippen LogP contribution in [0.5, 0.6) is 0 Å². The average Bonchev–Trinajstić information content (AvgIpc) is 2.39. The van der Waals surface area contributed by atoms with E-state index in [1.807, 2.05) is 0 Å². The highest BCUT2D eigenvalue weighted by Crippen LogP contribution is 2.42. The summed E-state index contributed by atoms with van der Waals surface area (Å²) in [5.41, 5.74) is 4.22. The standard InChI is InChI=1S/C17H21P/c1-14-9-11-15(12-10-14)13-18-17(2,3)16-7-5-4-6-8-16/h4-12,18H,13H2,1-3H3. The Bertz CT molecular complexity index is 483. The van der Waals surface area contributed by atoms with Gasteiger partial charge in [0.1, 0.15) is 0 Å². The number of benzene rings is 2. The Morgan fingerprint density at radius 2 is 1.50 bits per heavy atom. The molecule has 1 unspecified atom stereocenters. The second-order valence-corrected chi connectivity index (χ2v) is 7.29. The summed E-state index contributed by atoms with van der Waals surface area (Å²) < 4.78 is 0. The van der Waals surface area contributed by atoms with Crippen LogP contribution in [0.2, 0.25) is 0 Å². The quantitative estimate of drug-likeness (QED) is 0.667. The van der Waals surface area contributed by atoms with Gasteiger partial charge in [-0.25, -0.2) is 0 Å². The number of hydrogen-bond acceptors (Lipinski definition) is 0. The molecule has 0 saturated heterocycles. The minimum absolute atomic E-state index is 0.270. The van der Waals surface area contributed by atoms with Crippen LogP contribution in [0.3, 0.4) is 0 Å². The smallest absolute Gasteiger partial charge is 0.00729 e. The molecule has 18 heavy (non-hydrogen) atoms. The highest BCUT2D eigenvalue weighted by Gasteiger charge is 2.19. The van der Waals surface area contributed by atoms with E-state index in [2.05, 4.69) is 75.4 Å². The van der Waals surface area contributed by atoms with E-state index in [0.717, 1.165) is 8.58 Å². The normalized spacial score (nSPS) is 12.2. The molecule has 94 valence electrons. The van der Waals surface area contributed by atoms with Gasteiger partial charge in [0.2, 0.25) is 0 Å². The van der Waals surface area contributed by atoms with Gasteiger partial charge in [-0.15, -0.1) is 8.58 Å². The van der Waals surface area contributed by atoms with Gasteiger partial charge >= 0.3 is 0 Å². The summed E-state index contributed by atoms with van der Waals surface area (Å²) in [5.74, 6) is 0. The van der Waals surface area contributed by atoms with Crippen molar-refractivity contribution in [2.24, 2.45) is 0 Å². The van der Waals surface area contributed by atoms with E-state index in [1.54, 1.807) is 0 Å². The Kier molecular flexibility index (Phi) is 4.19. The molecule has 0 fully saturated rings. The predicted octanol–water partition coefficient (Wildman–Crippen LogP) is 5.11. The van der Waals surface area contributed by atoms with E-state index in [4.69, 9.17) is 0 Å². The maximum absolute atomic E-state index is 2.34. The van der Waals surface area contributed by atoms with Crippen LogP contribution in [0.15, 0.2) is 54.6 Å². The first-order valence-electron chi connectivity index (χ1n) is 6.44. The molecular formula is C17H21P. The Morgan fingerprint density at radius 1 is 0.889 bits per heavy atom. The van der Waals surface area contributed by atoms with Gasteiger partial charge in [-0.05, 0) is 24.2 Å². The lowest BCUT2D eigenvalue weighted by Gasteiger charge is -2.25. The zero-order chi connectivity index (χ0) is 13.0. The first kappa shape index (κ1) is 13.3. The second-order valence-electron chi connectivity index (χ2n) is 5.33. The summed E-state index contributed by atoms with van der Waals surface area (Å²) in [4.78, 5) is 0. The van der Waals surface area contributed by atoms with E-state index < -0.39 is 0 Å². The third-order valence-electron chi connectivity index (χ3n) is 3.35. The zero-order valence-corrected chi connectivity index (χ0v) is 12.4. The topological polar surface area (TPSA) is 0 Å². The molecule has 0 aliphatic carbocycles. The number of rotatable bonds is 4. The largest absolute Gasteiger partial charge is 0.107 e. The number of aryl methyl sites for hydroxylation is 1. The van der Waals surface area contributed by atoms with Gasteiger partial charge in [0, 0.05) is 5.16 Å². The molecule has 0 spiro atoms. The molecule has 0 aliphatic heterocycles. The maximum Gasteiger partial charge on any atom is 0.00729 e. The summed E-state index contributed by atoms with van der Waals surface area (Å²) in [6, 6.07) is 19.7. The molecule has 1 atom stereocenters. The lowest BCUT2D eigenvalue weighted by molar-refractivity contribution is 0.771. The van der Waals surface area contributed by atoms with Crippen LogP contribution in [0.4, 0.5) is 0 Å². The van der Waals surface area contributed by atoms with E-state index in [-0.39, 0.29) is 5.16 Å². The molecule has 0 N–H and O–H groups in total. The van der Waals surface area contributed by atoms with Gasteiger partial charge < -0.3 is 0 Å². The van der Waals surface area contributed by atoms with Crippen molar-refractivity contribution in [2.45, 2.75) is 32.1 Å². The molecule has 0 heterocycles. The zero-order valence-electron chi connectivity index (χ0n) is 11.4. The third kappa shape index (κ3) is 3.43. The SMILES string of the molecule is Cc1ccc(CPC(C)(C)c2ccccc2)cc1. The van der Waals surface area contributed by atoms with Crippen LogP contribution in [-0.2, 0) is 11.3 Å². The fourth-order valence-electron chi connectivity index (χ4n) is 1.99. The Labute approximate surface area is 112 Å². The predicted molar refractivity (Wildman–Crippen MR) is 82.7 cm³/mol. The second kappa shape index (κ2) is 5.67. The lowest BCUT2D eigenvalue weighted by atomic mass is 10.0. The van der Waals surface area contributed by atoms with Crippen LogP contribution in [0.25, 0.3) is 0 Å². The Hall–Kier alpha value is -1.13. The molecule has 2 rings (SSSR count). The van der Waals surface area contributed by atoms with Crippen molar-refractivity contribution in [3.05, 3.63) is 71.3 Å². The molecule has 0 saturated carbocycles. The van der Waals surface area contributed by atoms with Crippen molar-refractivity contribution >= 4 is 8.58 Å². The van der Waals surface area contributed by atoms with Gasteiger partial charge in [0.15, 0.2) is 0 Å². The molecule has 1 heteroatoms. The monoisotopic (exact) mass is 256 g/mol. The lowest BCUT2D eigenvalue weighted by Crippen LogP contribution is -2.10. The first-order valence-corrected chi connectivity index (χ1v) is 7.65. The molecule has 0 aliphatic rings. The van der Waals surface area contributed by atoms with Crippen molar-refractivity contribution < 1.29 is 0 Å². The number of hydrogen-bond donors (Lipinski definition) is 0. The van der Waals surface area contributed by atoms with E-state index in [1.165, 1.54) is 22.9 Å². The minimum atomic E-state index is 0.270. The molecule has 0 amide bonds. The summed E-state index contributed by atoms with van der Waals surface area (Å²) in [6.07, 6.45) is 1.17. The fourth-order valence-corrected chi connectivity index (χ4v) is 3.24. The molecule has 2 aromatic carbocycles. The first-order chi connectivity index (χ1) is 8.58. The summed E-state index contributed by atoms with van der Waals surface area (Å²) >= 11 is 0. The summed E-state index contributed by atoms with van der Waals surface area (Å²) in [7, 11) is 0.911. The minimum Gasteiger partial charge on any atom is -0.107 e. The van der Waals surface area contributed by atoms with Gasteiger partial charge in [0.25, 0.3) is 0 Å². The van der Waals surface area contributed by atoms with Crippen LogP contribution in [0.1, 0.15) is 30.5 Å². The van der Waals surface area contributed by atoms with Gasteiger partial charge in [-0.2, -0.15) is 0 Å². The van der Waals surface area contributed by atoms with E-state index in [0.29, 0.717) is 0 Å². The summed E-state index contributed by atoms with van der Waals surface area (Å²) in [6.45, 7) is 6.82. The van der Waals surface area contributed by atoms with Crippen LogP contribution < -0.4 is 0 Å². The highest BCUT2D eigenvalue weighted by atomic mass is 31.1. The van der Waals surface area contributed by atoms with Crippen molar-refractivity contribution in [3.8, 4) is 0 Å². The Morgan fingerprint density at radius 3 is 2.11 bits per heavy atom. The average molecular weight is 256 g/mol. The van der Waals surface area contributed by atoms with Crippen molar-refractivity contribution in [2.75, 3.05) is 0 Å². The molecule has 0 nitrogen and oxygen atoms in total. The molecular weight excluding hydrogens is 235 g/mol. The van der Waals surface area contributed by atoms with Crippen molar-refractivity contribution in [1.82, 2.24) is 0 Å².